The van der Waals surface area contributed by atoms with Crippen molar-refractivity contribution in [2.24, 2.45) is 0 Å². The van der Waals surface area contributed by atoms with Gasteiger partial charge in [-0.25, -0.2) is 9.97 Å². The summed E-state index contributed by atoms with van der Waals surface area (Å²) < 4.78 is 0. The zero-order chi connectivity index (χ0) is 14.8. The smallest absolute Gasteiger partial charge is 0.191 e. The maximum atomic E-state index is 8.91. The Hall–Kier alpha value is -2.59. The van der Waals surface area contributed by atoms with Gasteiger partial charge in [0, 0.05) is 17.6 Å². The molecule has 1 atom stereocenters. The summed E-state index contributed by atoms with van der Waals surface area (Å²) in [5, 5.41) is 10.6. The number of hydrogen-bond donors (Lipinski definition) is 2. The number of fused-ring (bicyclic) bond motifs is 1. The van der Waals surface area contributed by atoms with E-state index in [0.717, 1.165) is 16.6 Å². The largest absolute Gasteiger partial charge is 0.384 e. The lowest BCUT2D eigenvalue weighted by Crippen LogP contribution is -1.99. The summed E-state index contributed by atoms with van der Waals surface area (Å²) in [6, 6.07) is 7.47. The second kappa shape index (κ2) is 5.42. The Morgan fingerprint density at radius 3 is 3.05 bits per heavy atom. The van der Waals surface area contributed by atoms with Crippen LogP contribution in [0.2, 0.25) is 0 Å². The van der Waals surface area contributed by atoms with Crippen LogP contribution in [0.15, 0.2) is 35.7 Å². The normalized spacial score (nSPS) is 12.2. The van der Waals surface area contributed by atoms with Gasteiger partial charge in [0.05, 0.1) is 22.7 Å². The quantitative estimate of drug-likeness (QED) is 0.568. The number of aromatic amines is 1. The van der Waals surface area contributed by atoms with Gasteiger partial charge >= 0.3 is 0 Å². The molecule has 104 valence electrons. The lowest BCUT2D eigenvalue weighted by Gasteiger charge is -2.10. The zero-order valence-corrected chi connectivity index (χ0v) is 12.1. The van der Waals surface area contributed by atoms with Gasteiger partial charge < -0.3 is 10.7 Å². The Kier molecular flexibility index (Phi) is 3.46. The van der Waals surface area contributed by atoms with Crippen molar-refractivity contribution in [3.63, 3.8) is 0 Å². The predicted octanol–water partition coefficient (Wildman–Crippen LogP) is 2.66. The van der Waals surface area contributed by atoms with Gasteiger partial charge in [-0.3, -0.25) is 4.98 Å². The van der Waals surface area contributed by atoms with E-state index in [2.05, 4.69) is 19.9 Å². The van der Waals surface area contributed by atoms with Crippen LogP contribution in [-0.4, -0.2) is 19.9 Å². The highest BCUT2D eigenvalue weighted by molar-refractivity contribution is 7.99. The van der Waals surface area contributed by atoms with Crippen molar-refractivity contribution in [2.75, 3.05) is 5.73 Å². The second-order valence-corrected chi connectivity index (χ2v) is 5.81. The number of nitrogen functional groups attached to an aromatic ring is 1. The molecule has 21 heavy (non-hydrogen) atoms. The van der Waals surface area contributed by atoms with Crippen molar-refractivity contribution >= 4 is 28.5 Å². The molecular formula is C14H12N6S. The van der Waals surface area contributed by atoms with E-state index in [9.17, 15) is 0 Å². The number of hydrogen-bond acceptors (Lipinski definition) is 6. The minimum absolute atomic E-state index is 0.0534. The summed E-state index contributed by atoms with van der Waals surface area (Å²) in [7, 11) is 0. The van der Waals surface area contributed by atoms with Crippen molar-refractivity contribution in [2.45, 2.75) is 17.3 Å². The summed E-state index contributed by atoms with van der Waals surface area (Å²) in [5.41, 5.74) is 7.87. The van der Waals surface area contributed by atoms with Gasteiger partial charge in [-0.1, -0.05) is 11.8 Å². The molecule has 0 saturated heterocycles. The molecule has 0 spiro atoms. The van der Waals surface area contributed by atoms with Crippen molar-refractivity contribution < 1.29 is 0 Å². The minimum atomic E-state index is 0.0534. The lowest BCUT2D eigenvalue weighted by atomic mass is 10.2. The summed E-state index contributed by atoms with van der Waals surface area (Å²) >= 11 is 1.43. The third-order valence-corrected chi connectivity index (χ3v) is 3.99. The molecule has 0 aliphatic heterocycles. The van der Waals surface area contributed by atoms with Crippen LogP contribution in [0.3, 0.4) is 0 Å². The summed E-state index contributed by atoms with van der Waals surface area (Å²) in [4.78, 5) is 15.8. The van der Waals surface area contributed by atoms with Crippen LogP contribution in [0, 0.1) is 11.3 Å². The molecule has 0 amide bonds. The SMILES string of the molecule is CC(Sc1nc(N)cc(C#N)n1)c1cc2cc[nH]c2cn1. The second-order valence-electron chi connectivity index (χ2n) is 4.51. The first-order valence-electron chi connectivity index (χ1n) is 6.30. The third kappa shape index (κ3) is 2.80. The Balaban J connectivity index is 1.87. The lowest BCUT2D eigenvalue weighted by molar-refractivity contribution is 0.936. The Bertz CT molecular complexity index is 835. The fourth-order valence-electron chi connectivity index (χ4n) is 1.96. The molecule has 3 aromatic rings. The first-order valence-corrected chi connectivity index (χ1v) is 7.18. The van der Waals surface area contributed by atoms with Crippen LogP contribution in [0.5, 0.6) is 0 Å². The highest BCUT2D eigenvalue weighted by Crippen LogP contribution is 2.33. The topological polar surface area (TPSA) is 104 Å². The standard InChI is InChI=1S/C14H12N6S/c1-8(11-4-9-2-3-17-12(9)7-18-11)21-14-19-10(6-15)5-13(16)20-14/h2-5,7-8,17H,1H3,(H2,16,19,20). The molecule has 6 nitrogen and oxygen atoms in total. The number of nitrogens with one attached hydrogen (secondary N) is 1. The van der Waals surface area contributed by atoms with Gasteiger partial charge in [0.1, 0.15) is 17.6 Å². The fourth-order valence-corrected chi connectivity index (χ4v) is 2.84. The summed E-state index contributed by atoms with van der Waals surface area (Å²) in [6.07, 6.45) is 3.69. The highest BCUT2D eigenvalue weighted by Gasteiger charge is 2.13. The van der Waals surface area contributed by atoms with Gasteiger partial charge in [-0.2, -0.15) is 5.26 Å². The van der Waals surface area contributed by atoms with E-state index in [1.165, 1.54) is 17.8 Å². The molecule has 0 bridgehead atoms. The highest BCUT2D eigenvalue weighted by atomic mass is 32.2. The van der Waals surface area contributed by atoms with E-state index in [0.29, 0.717) is 11.0 Å². The first-order chi connectivity index (χ1) is 10.2. The van der Waals surface area contributed by atoms with Crippen molar-refractivity contribution in [3.8, 4) is 6.07 Å². The number of anilines is 1. The molecule has 7 heteroatoms. The number of H-pyrrole nitrogens is 1. The maximum Gasteiger partial charge on any atom is 0.191 e. The van der Waals surface area contributed by atoms with Crippen LogP contribution in [0.1, 0.15) is 23.6 Å². The zero-order valence-electron chi connectivity index (χ0n) is 11.2. The minimum Gasteiger partial charge on any atom is -0.384 e. The Morgan fingerprint density at radius 2 is 2.24 bits per heavy atom. The van der Waals surface area contributed by atoms with Crippen molar-refractivity contribution in [3.05, 3.63) is 42.0 Å². The van der Waals surface area contributed by atoms with Gasteiger partial charge in [-0.05, 0) is 19.1 Å². The molecule has 0 saturated carbocycles. The van der Waals surface area contributed by atoms with Crippen molar-refractivity contribution in [1.29, 1.82) is 5.26 Å². The van der Waals surface area contributed by atoms with E-state index in [1.807, 2.05) is 37.5 Å². The summed E-state index contributed by atoms with van der Waals surface area (Å²) in [6.45, 7) is 2.02. The Morgan fingerprint density at radius 1 is 1.38 bits per heavy atom. The third-order valence-electron chi connectivity index (χ3n) is 3.00. The monoisotopic (exact) mass is 296 g/mol. The van der Waals surface area contributed by atoms with E-state index in [-0.39, 0.29) is 10.9 Å². The van der Waals surface area contributed by atoms with E-state index in [1.54, 1.807) is 0 Å². The average Bonchev–Trinajstić information content (AvgIpc) is 2.93. The number of nitrogens with two attached hydrogens (primary N) is 1. The van der Waals surface area contributed by atoms with Gasteiger partial charge in [0.15, 0.2) is 5.16 Å². The van der Waals surface area contributed by atoms with Crippen LogP contribution < -0.4 is 5.73 Å². The van der Waals surface area contributed by atoms with Gasteiger partial charge in [0.2, 0.25) is 0 Å². The van der Waals surface area contributed by atoms with Crippen molar-refractivity contribution in [1.82, 2.24) is 19.9 Å². The molecule has 3 rings (SSSR count). The van der Waals surface area contributed by atoms with Crippen LogP contribution in [0.25, 0.3) is 10.9 Å². The molecule has 3 aromatic heterocycles. The molecule has 1 unspecified atom stereocenters. The molecule has 0 radical (unpaired) electrons. The number of aromatic nitrogens is 4. The molecule has 0 fully saturated rings. The van der Waals surface area contributed by atoms with Gasteiger partial charge in [0.25, 0.3) is 0 Å². The number of nitriles is 1. The number of pyridine rings is 1. The molecular weight excluding hydrogens is 284 g/mol. The average molecular weight is 296 g/mol. The first kappa shape index (κ1) is 13.4. The van der Waals surface area contributed by atoms with E-state index >= 15 is 0 Å². The molecule has 0 aromatic carbocycles. The molecule has 3 N–H and O–H groups in total. The molecule has 0 aliphatic rings. The number of nitrogens with zero attached hydrogens (tertiary/aromatic N) is 4. The Labute approximate surface area is 125 Å². The maximum absolute atomic E-state index is 8.91. The van der Waals surface area contributed by atoms with Crippen LogP contribution in [-0.2, 0) is 0 Å². The predicted molar refractivity (Wildman–Crippen MR) is 81.5 cm³/mol. The van der Waals surface area contributed by atoms with E-state index in [4.69, 9.17) is 11.0 Å². The summed E-state index contributed by atoms with van der Waals surface area (Å²) in [5.74, 6) is 0.297. The van der Waals surface area contributed by atoms with Crippen LogP contribution >= 0.6 is 11.8 Å². The number of thioether (sulfide) groups is 1. The van der Waals surface area contributed by atoms with Crippen LogP contribution in [0.4, 0.5) is 5.82 Å². The molecule has 0 aliphatic carbocycles. The van der Waals surface area contributed by atoms with Gasteiger partial charge in [-0.15, -0.1) is 0 Å². The van der Waals surface area contributed by atoms with E-state index < -0.39 is 0 Å². The number of rotatable bonds is 3. The fraction of sp³-hybridized carbons (Fsp3) is 0.143. The molecule has 3 heterocycles.